The highest BCUT2D eigenvalue weighted by molar-refractivity contribution is 5.80. The van der Waals surface area contributed by atoms with Crippen LogP contribution in [0.3, 0.4) is 0 Å². The fraction of sp³-hybridized carbons (Fsp3) is 0.579. The third kappa shape index (κ3) is 4.34. The molecule has 1 heterocycles. The molecule has 4 nitrogen and oxygen atoms in total. The lowest BCUT2D eigenvalue weighted by atomic mass is 9.88. The Morgan fingerprint density at radius 3 is 2.61 bits per heavy atom. The quantitative estimate of drug-likeness (QED) is 0.908. The van der Waals surface area contributed by atoms with E-state index in [1.165, 1.54) is 19.3 Å². The second kappa shape index (κ2) is 7.62. The predicted molar refractivity (Wildman–Crippen MR) is 89.6 cm³/mol. The molecule has 1 saturated heterocycles. The SMILES string of the molecule is O=C(NCC1CC(=O)N(Cc2ccccc2)C1)C1CCCCC1. The lowest BCUT2D eigenvalue weighted by Crippen LogP contribution is -2.36. The van der Waals surface area contributed by atoms with Crippen molar-refractivity contribution in [1.82, 2.24) is 10.2 Å². The number of carbonyl (C=O) groups is 2. The summed E-state index contributed by atoms with van der Waals surface area (Å²) in [5, 5.41) is 3.08. The first kappa shape index (κ1) is 16.0. The van der Waals surface area contributed by atoms with E-state index in [1.54, 1.807) is 0 Å². The summed E-state index contributed by atoms with van der Waals surface area (Å²) in [6.07, 6.45) is 6.20. The molecule has 1 aromatic rings. The Morgan fingerprint density at radius 2 is 1.87 bits per heavy atom. The van der Waals surface area contributed by atoms with E-state index in [4.69, 9.17) is 0 Å². The number of nitrogens with one attached hydrogen (secondary N) is 1. The van der Waals surface area contributed by atoms with E-state index >= 15 is 0 Å². The number of amides is 2. The fourth-order valence-corrected chi connectivity index (χ4v) is 3.70. The standard InChI is InChI=1S/C19H26N2O2/c22-18-11-16(12-20-19(23)17-9-5-2-6-10-17)14-21(18)13-15-7-3-1-4-8-15/h1,3-4,7-8,16-17H,2,5-6,9-14H2,(H,20,23). The Labute approximate surface area is 138 Å². The highest BCUT2D eigenvalue weighted by Crippen LogP contribution is 2.24. The highest BCUT2D eigenvalue weighted by Gasteiger charge is 2.30. The monoisotopic (exact) mass is 314 g/mol. The number of benzene rings is 1. The van der Waals surface area contributed by atoms with Gasteiger partial charge in [-0.15, -0.1) is 0 Å². The van der Waals surface area contributed by atoms with E-state index in [9.17, 15) is 9.59 Å². The summed E-state index contributed by atoms with van der Waals surface area (Å²) in [7, 11) is 0. The molecule has 23 heavy (non-hydrogen) atoms. The summed E-state index contributed by atoms with van der Waals surface area (Å²) in [6.45, 7) is 2.05. The maximum atomic E-state index is 12.2. The second-order valence-corrected chi connectivity index (χ2v) is 6.91. The summed E-state index contributed by atoms with van der Waals surface area (Å²) in [5.41, 5.74) is 1.16. The van der Waals surface area contributed by atoms with E-state index in [0.29, 0.717) is 19.5 Å². The third-order valence-corrected chi connectivity index (χ3v) is 5.05. The van der Waals surface area contributed by atoms with Crippen LogP contribution in [0.25, 0.3) is 0 Å². The topological polar surface area (TPSA) is 49.4 Å². The van der Waals surface area contributed by atoms with Crippen molar-refractivity contribution in [2.75, 3.05) is 13.1 Å². The van der Waals surface area contributed by atoms with Crippen LogP contribution in [0.15, 0.2) is 30.3 Å². The zero-order valence-corrected chi connectivity index (χ0v) is 13.7. The Balaban J connectivity index is 1.45. The molecule has 0 radical (unpaired) electrons. The molecule has 124 valence electrons. The molecule has 2 aliphatic rings. The van der Waals surface area contributed by atoms with E-state index < -0.39 is 0 Å². The van der Waals surface area contributed by atoms with Crippen LogP contribution in [-0.4, -0.2) is 29.8 Å². The van der Waals surface area contributed by atoms with E-state index in [-0.39, 0.29) is 23.7 Å². The zero-order valence-electron chi connectivity index (χ0n) is 13.7. The van der Waals surface area contributed by atoms with Gasteiger partial charge < -0.3 is 10.2 Å². The minimum atomic E-state index is 0.193. The second-order valence-electron chi connectivity index (χ2n) is 6.91. The molecule has 1 aliphatic carbocycles. The van der Waals surface area contributed by atoms with Crippen LogP contribution < -0.4 is 5.32 Å². The smallest absolute Gasteiger partial charge is 0.223 e. The van der Waals surface area contributed by atoms with Crippen molar-refractivity contribution >= 4 is 11.8 Å². The molecule has 1 N–H and O–H groups in total. The molecule has 1 aliphatic heterocycles. The number of hydrogen-bond donors (Lipinski definition) is 1. The summed E-state index contributed by atoms with van der Waals surface area (Å²) in [6, 6.07) is 10.1. The van der Waals surface area contributed by atoms with Crippen molar-refractivity contribution in [3.63, 3.8) is 0 Å². The molecule has 0 spiro atoms. The normalized spacial score (nSPS) is 22.3. The number of likely N-dealkylation sites (tertiary alicyclic amines) is 1. The maximum Gasteiger partial charge on any atom is 0.223 e. The molecule has 1 saturated carbocycles. The molecule has 2 fully saturated rings. The Kier molecular flexibility index (Phi) is 5.31. The van der Waals surface area contributed by atoms with E-state index in [2.05, 4.69) is 5.32 Å². The summed E-state index contributed by atoms with van der Waals surface area (Å²) >= 11 is 0. The van der Waals surface area contributed by atoms with Crippen molar-refractivity contribution in [3.8, 4) is 0 Å². The molecular formula is C19H26N2O2. The lowest BCUT2D eigenvalue weighted by Gasteiger charge is -2.22. The van der Waals surface area contributed by atoms with Gasteiger partial charge in [-0.25, -0.2) is 0 Å². The fourth-order valence-electron chi connectivity index (χ4n) is 3.70. The molecule has 0 bridgehead atoms. The first-order chi connectivity index (χ1) is 11.2. The number of hydrogen-bond acceptors (Lipinski definition) is 2. The molecule has 1 aromatic carbocycles. The van der Waals surface area contributed by atoms with Gasteiger partial charge in [-0.2, -0.15) is 0 Å². The largest absolute Gasteiger partial charge is 0.356 e. The van der Waals surface area contributed by atoms with Crippen LogP contribution >= 0.6 is 0 Å². The van der Waals surface area contributed by atoms with Crippen molar-refractivity contribution in [2.24, 2.45) is 11.8 Å². The van der Waals surface area contributed by atoms with Gasteiger partial charge in [0, 0.05) is 37.9 Å². The molecule has 4 heteroatoms. The lowest BCUT2D eigenvalue weighted by molar-refractivity contribution is -0.128. The third-order valence-electron chi connectivity index (χ3n) is 5.05. The number of rotatable bonds is 5. The summed E-state index contributed by atoms with van der Waals surface area (Å²) < 4.78 is 0. The Hall–Kier alpha value is -1.84. The van der Waals surface area contributed by atoms with Gasteiger partial charge in [0.2, 0.25) is 11.8 Å². The minimum absolute atomic E-state index is 0.193. The van der Waals surface area contributed by atoms with Crippen molar-refractivity contribution in [2.45, 2.75) is 45.1 Å². The molecule has 1 atom stereocenters. The molecular weight excluding hydrogens is 288 g/mol. The average molecular weight is 314 g/mol. The molecule has 3 rings (SSSR count). The summed E-state index contributed by atoms with van der Waals surface area (Å²) in [5.74, 6) is 0.837. The van der Waals surface area contributed by atoms with Gasteiger partial charge in [0.05, 0.1) is 0 Å². The molecule has 1 unspecified atom stereocenters. The summed E-state index contributed by atoms with van der Waals surface area (Å²) in [4.78, 5) is 26.3. The van der Waals surface area contributed by atoms with Gasteiger partial charge in [0.15, 0.2) is 0 Å². The highest BCUT2D eigenvalue weighted by atomic mass is 16.2. The van der Waals surface area contributed by atoms with Crippen LogP contribution in [0.4, 0.5) is 0 Å². The van der Waals surface area contributed by atoms with Crippen LogP contribution in [0.1, 0.15) is 44.1 Å². The average Bonchev–Trinajstić information content (AvgIpc) is 2.94. The molecule has 0 aromatic heterocycles. The van der Waals surface area contributed by atoms with Gasteiger partial charge in [0.25, 0.3) is 0 Å². The van der Waals surface area contributed by atoms with Gasteiger partial charge in [-0.1, -0.05) is 49.6 Å². The van der Waals surface area contributed by atoms with E-state index in [0.717, 1.165) is 24.9 Å². The van der Waals surface area contributed by atoms with Gasteiger partial charge in [0.1, 0.15) is 0 Å². The predicted octanol–water partition coefficient (Wildman–Crippen LogP) is 2.73. The number of carbonyl (C=O) groups excluding carboxylic acids is 2. The van der Waals surface area contributed by atoms with Crippen molar-refractivity contribution < 1.29 is 9.59 Å². The van der Waals surface area contributed by atoms with Crippen molar-refractivity contribution in [3.05, 3.63) is 35.9 Å². The van der Waals surface area contributed by atoms with Gasteiger partial charge >= 0.3 is 0 Å². The Morgan fingerprint density at radius 1 is 1.13 bits per heavy atom. The Bertz CT molecular complexity index is 538. The van der Waals surface area contributed by atoms with Crippen LogP contribution in [0, 0.1) is 11.8 Å². The van der Waals surface area contributed by atoms with Gasteiger partial charge in [-0.3, -0.25) is 9.59 Å². The van der Waals surface area contributed by atoms with Crippen molar-refractivity contribution in [1.29, 1.82) is 0 Å². The molecule has 2 amide bonds. The van der Waals surface area contributed by atoms with Crippen LogP contribution in [-0.2, 0) is 16.1 Å². The maximum absolute atomic E-state index is 12.2. The zero-order chi connectivity index (χ0) is 16.1. The van der Waals surface area contributed by atoms with Crippen LogP contribution in [0.2, 0.25) is 0 Å². The number of nitrogens with zero attached hydrogens (tertiary/aromatic N) is 1. The first-order valence-electron chi connectivity index (χ1n) is 8.82. The first-order valence-corrected chi connectivity index (χ1v) is 8.82. The van der Waals surface area contributed by atoms with Gasteiger partial charge in [-0.05, 0) is 18.4 Å². The minimum Gasteiger partial charge on any atom is -0.356 e. The van der Waals surface area contributed by atoms with Crippen LogP contribution in [0.5, 0.6) is 0 Å². The van der Waals surface area contributed by atoms with E-state index in [1.807, 2.05) is 35.2 Å².